The molecule has 0 spiro atoms. The zero-order valence-corrected chi connectivity index (χ0v) is 14.1. The molecule has 2 aromatic rings. The van der Waals surface area contributed by atoms with Crippen LogP contribution in [0.15, 0.2) is 34.9 Å². The Bertz CT molecular complexity index is 738. The Hall–Kier alpha value is -2.09. The Balaban J connectivity index is 1.83. The fourth-order valence-corrected chi connectivity index (χ4v) is 2.50. The summed E-state index contributed by atoms with van der Waals surface area (Å²) in [6.07, 6.45) is 1.35. The average Bonchev–Trinajstić information content (AvgIpc) is 3.08. The third-order valence-electron chi connectivity index (χ3n) is 3.25. The lowest BCUT2D eigenvalue weighted by Crippen LogP contribution is -2.87. The fraction of sp³-hybridized carbons (Fsp3) is 0.200. The molecule has 128 valence electrons. The maximum absolute atomic E-state index is 13.5. The number of carbonyl (C=O) groups excluding carboxylic acids is 2. The fourth-order valence-electron chi connectivity index (χ4n) is 1.94. The van der Waals surface area contributed by atoms with Crippen LogP contribution in [0, 0.1) is 5.82 Å². The molecule has 1 heterocycles. The number of hydrogen-bond donors (Lipinski definition) is 3. The highest BCUT2D eigenvalue weighted by molar-refractivity contribution is 6.35. The molecule has 0 saturated heterocycles. The van der Waals surface area contributed by atoms with Gasteiger partial charge in [0.05, 0.1) is 16.3 Å². The summed E-state index contributed by atoms with van der Waals surface area (Å²) in [5.41, 5.74) is 4.99. The molecule has 0 fully saturated rings. The molecule has 9 heteroatoms. The summed E-state index contributed by atoms with van der Waals surface area (Å²) >= 11 is 11.7. The third-order valence-corrected chi connectivity index (χ3v) is 3.86. The lowest BCUT2D eigenvalue weighted by atomic mass is 10.1. The van der Waals surface area contributed by atoms with E-state index in [0.717, 1.165) is 0 Å². The minimum Gasteiger partial charge on any atom is -0.459 e. The highest BCUT2D eigenvalue weighted by Crippen LogP contribution is 2.27. The summed E-state index contributed by atoms with van der Waals surface area (Å²) in [5, 5.41) is 1.90. The third kappa shape index (κ3) is 4.70. The summed E-state index contributed by atoms with van der Waals surface area (Å²) in [6, 6.07) is 5.30. The number of benzene rings is 1. The second-order valence-electron chi connectivity index (χ2n) is 5.00. The van der Waals surface area contributed by atoms with Gasteiger partial charge in [-0.1, -0.05) is 23.2 Å². The minimum atomic E-state index is -0.577. The lowest BCUT2D eigenvalue weighted by Gasteiger charge is -2.13. The van der Waals surface area contributed by atoms with Crippen LogP contribution in [-0.2, 0) is 4.79 Å². The van der Waals surface area contributed by atoms with Gasteiger partial charge in [-0.05, 0) is 31.2 Å². The molecule has 1 aromatic carbocycles. The molecule has 0 bridgehead atoms. The summed E-state index contributed by atoms with van der Waals surface area (Å²) in [5.74, 6) is -1.50. The topological polar surface area (TPSA) is 88.0 Å². The van der Waals surface area contributed by atoms with Crippen LogP contribution in [0.5, 0.6) is 0 Å². The maximum Gasteiger partial charge on any atom is 0.305 e. The van der Waals surface area contributed by atoms with E-state index in [1.54, 1.807) is 18.3 Å². The predicted molar refractivity (Wildman–Crippen MR) is 85.9 cm³/mol. The monoisotopic (exact) mass is 374 g/mol. The van der Waals surface area contributed by atoms with Gasteiger partial charge in [-0.3, -0.25) is 20.4 Å². The van der Waals surface area contributed by atoms with Crippen molar-refractivity contribution in [3.8, 4) is 0 Å². The standard InChI is InChI=1S/C15H14Cl2FN3O3/c1-8(9-5-12(18)11(17)6-10(9)16)19-7-14(22)20-21-15(23)13-3-2-4-24-13/h2-6,8,19H,7H2,1H3,(H,20,22)(H,21,23)/p+1/t8-/m1/s1. The quantitative estimate of drug-likeness (QED) is 0.550. The molecule has 6 nitrogen and oxygen atoms in total. The number of hydrazine groups is 1. The van der Waals surface area contributed by atoms with Crippen LogP contribution in [0.3, 0.4) is 0 Å². The van der Waals surface area contributed by atoms with E-state index >= 15 is 0 Å². The Kier molecular flexibility index (Phi) is 6.19. The Morgan fingerprint density at radius 3 is 2.71 bits per heavy atom. The van der Waals surface area contributed by atoms with Crippen LogP contribution in [-0.4, -0.2) is 18.4 Å². The zero-order valence-electron chi connectivity index (χ0n) is 12.6. The van der Waals surface area contributed by atoms with E-state index in [1.807, 2.05) is 0 Å². The maximum atomic E-state index is 13.5. The van der Waals surface area contributed by atoms with Gasteiger partial charge >= 0.3 is 5.91 Å². The Morgan fingerprint density at radius 1 is 1.29 bits per heavy atom. The van der Waals surface area contributed by atoms with Crippen molar-refractivity contribution in [2.24, 2.45) is 0 Å². The van der Waals surface area contributed by atoms with E-state index in [1.165, 1.54) is 24.5 Å². The first-order valence-electron chi connectivity index (χ1n) is 6.99. The number of carbonyl (C=O) groups is 2. The van der Waals surface area contributed by atoms with Gasteiger partial charge in [-0.15, -0.1) is 0 Å². The van der Waals surface area contributed by atoms with E-state index in [0.29, 0.717) is 10.6 Å². The number of nitrogens with two attached hydrogens (primary N) is 1. The van der Waals surface area contributed by atoms with Gasteiger partial charge in [0.1, 0.15) is 11.9 Å². The SMILES string of the molecule is C[C@@H]([NH2+]CC(=O)NNC(=O)c1ccco1)c1cc(F)c(Cl)cc1Cl. The normalized spacial score (nSPS) is 11.8. The Morgan fingerprint density at radius 2 is 2.04 bits per heavy atom. The highest BCUT2D eigenvalue weighted by Gasteiger charge is 2.17. The second kappa shape index (κ2) is 8.14. The summed E-state index contributed by atoms with van der Waals surface area (Å²) in [4.78, 5) is 23.3. The van der Waals surface area contributed by atoms with E-state index in [2.05, 4.69) is 10.9 Å². The van der Waals surface area contributed by atoms with Gasteiger partial charge < -0.3 is 9.73 Å². The van der Waals surface area contributed by atoms with Crippen LogP contribution >= 0.6 is 23.2 Å². The number of amides is 2. The number of quaternary nitrogens is 1. The minimum absolute atomic E-state index is 0.000174. The predicted octanol–water partition coefficient (Wildman–Crippen LogP) is 1.81. The molecule has 1 atom stereocenters. The van der Waals surface area contributed by atoms with Crippen LogP contribution < -0.4 is 16.2 Å². The van der Waals surface area contributed by atoms with Crippen molar-refractivity contribution in [1.82, 2.24) is 10.9 Å². The number of hydrogen-bond acceptors (Lipinski definition) is 3. The van der Waals surface area contributed by atoms with E-state index in [4.69, 9.17) is 27.6 Å². The lowest BCUT2D eigenvalue weighted by molar-refractivity contribution is -0.682. The van der Waals surface area contributed by atoms with Crippen LogP contribution in [0.4, 0.5) is 4.39 Å². The molecule has 0 aliphatic rings. The number of furan rings is 1. The molecular weight excluding hydrogens is 360 g/mol. The number of rotatable bonds is 5. The van der Waals surface area contributed by atoms with Crippen molar-refractivity contribution in [3.05, 3.63) is 57.7 Å². The van der Waals surface area contributed by atoms with Crippen molar-refractivity contribution >= 4 is 35.0 Å². The summed E-state index contributed by atoms with van der Waals surface area (Å²) < 4.78 is 18.4. The van der Waals surface area contributed by atoms with E-state index in [-0.39, 0.29) is 23.4 Å². The van der Waals surface area contributed by atoms with Gasteiger partial charge in [-0.2, -0.15) is 0 Å². The molecule has 1 aromatic heterocycles. The van der Waals surface area contributed by atoms with Crippen LogP contribution in [0.25, 0.3) is 0 Å². The first-order valence-corrected chi connectivity index (χ1v) is 7.74. The molecule has 0 saturated carbocycles. The molecule has 24 heavy (non-hydrogen) atoms. The molecule has 2 rings (SSSR count). The average molecular weight is 375 g/mol. The van der Waals surface area contributed by atoms with Gasteiger partial charge in [0.25, 0.3) is 5.91 Å². The van der Waals surface area contributed by atoms with Crippen LogP contribution in [0.1, 0.15) is 29.1 Å². The van der Waals surface area contributed by atoms with Crippen molar-refractivity contribution in [2.45, 2.75) is 13.0 Å². The first-order chi connectivity index (χ1) is 11.4. The molecule has 0 aliphatic heterocycles. The van der Waals surface area contributed by atoms with Crippen molar-refractivity contribution in [2.75, 3.05) is 6.54 Å². The van der Waals surface area contributed by atoms with Crippen molar-refractivity contribution in [1.29, 1.82) is 0 Å². The smallest absolute Gasteiger partial charge is 0.305 e. The Labute approximate surface area is 147 Å². The van der Waals surface area contributed by atoms with Gasteiger partial charge in [0, 0.05) is 5.56 Å². The van der Waals surface area contributed by atoms with Crippen LogP contribution in [0.2, 0.25) is 10.0 Å². The first kappa shape index (κ1) is 18.3. The van der Waals surface area contributed by atoms with Crippen molar-refractivity contribution in [3.63, 3.8) is 0 Å². The molecular formula is C15H15Cl2FN3O3+. The van der Waals surface area contributed by atoms with Gasteiger partial charge in [-0.25, -0.2) is 4.39 Å². The molecule has 0 radical (unpaired) electrons. The van der Waals surface area contributed by atoms with Gasteiger partial charge in [0.2, 0.25) is 0 Å². The number of halogens is 3. The van der Waals surface area contributed by atoms with Crippen molar-refractivity contribution < 1.29 is 23.7 Å². The highest BCUT2D eigenvalue weighted by atomic mass is 35.5. The second-order valence-corrected chi connectivity index (χ2v) is 5.81. The molecule has 2 amide bonds. The molecule has 4 N–H and O–H groups in total. The largest absolute Gasteiger partial charge is 0.459 e. The zero-order chi connectivity index (χ0) is 17.7. The molecule has 0 unspecified atom stereocenters. The summed E-state index contributed by atoms with van der Waals surface area (Å²) in [6.45, 7) is 1.77. The summed E-state index contributed by atoms with van der Waals surface area (Å²) in [7, 11) is 0. The molecule has 0 aliphatic carbocycles. The van der Waals surface area contributed by atoms with Gasteiger partial charge in [0.15, 0.2) is 12.3 Å². The number of nitrogens with one attached hydrogen (secondary N) is 2. The van der Waals surface area contributed by atoms with E-state index < -0.39 is 17.6 Å². The van der Waals surface area contributed by atoms with E-state index in [9.17, 15) is 14.0 Å².